The quantitative estimate of drug-likeness (QED) is 0.293. The lowest BCUT2D eigenvalue weighted by molar-refractivity contribution is 0.305. The summed E-state index contributed by atoms with van der Waals surface area (Å²) in [5.41, 5.74) is 7.48. The Labute approximate surface area is 216 Å². The molecule has 1 aliphatic carbocycles. The lowest BCUT2D eigenvalue weighted by Gasteiger charge is -2.25. The van der Waals surface area contributed by atoms with Crippen molar-refractivity contribution >= 4 is 5.57 Å². The molecule has 3 nitrogen and oxygen atoms in total. The maximum Gasteiger partial charge on any atom is 0.120 e. The van der Waals surface area contributed by atoms with Gasteiger partial charge in [0.25, 0.3) is 0 Å². The van der Waals surface area contributed by atoms with Crippen molar-refractivity contribution in [1.82, 2.24) is 0 Å². The average molecular weight is 483 g/mol. The lowest BCUT2D eigenvalue weighted by Crippen LogP contribution is -2.10. The van der Waals surface area contributed by atoms with Crippen molar-refractivity contribution in [2.45, 2.75) is 59.0 Å². The maximum absolute atomic E-state index is 9.69. The molecule has 3 aromatic rings. The Kier molecular flexibility index (Phi) is 7.88. The van der Waals surface area contributed by atoms with E-state index in [1.807, 2.05) is 24.3 Å². The van der Waals surface area contributed by atoms with Crippen LogP contribution in [-0.2, 0) is 6.61 Å². The van der Waals surface area contributed by atoms with E-state index in [4.69, 9.17) is 9.47 Å². The van der Waals surface area contributed by atoms with Crippen molar-refractivity contribution < 1.29 is 14.6 Å². The molecule has 0 bridgehead atoms. The molecule has 3 heteroatoms. The fourth-order valence-corrected chi connectivity index (χ4v) is 5.22. The molecule has 0 aliphatic heterocycles. The van der Waals surface area contributed by atoms with Crippen LogP contribution in [0.3, 0.4) is 0 Å². The van der Waals surface area contributed by atoms with Gasteiger partial charge in [-0.15, -0.1) is 0 Å². The molecule has 4 rings (SSSR count). The Morgan fingerprint density at radius 3 is 2.47 bits per heavy atom. The summed E-state index contributed by atoms with van der Waals surface area (Å²) in [6, 6.07) is 23.2. The molecule has 0 fully saturated rings. The highest BCUT2D eigenvalue weighted by Gasteiger charge is 2.30. The predicted molar refractivity (Wildman–Crippen MR) is 150 cm³/mol. The Balaban J connectivity index is 1.62. The van der Waals surface area contributed by atoms with Gasteiger partial charge in [-0.3, -0.25) is 0 Å². The van der Waals surface area contributed by atoms with Crippen molar-refractivity contribution in [3.63, 3.8) is 0 Å². The smallest absolute Gasteiger partial charge is 0.120 e. The van der Waals surface area contributed by atoms with Gasteiger partial charge in [-0.1, -0.05) is 69.8 Å². The molecular weight excluding hydrogens is 444 g/mol. The first kappa shape index (κ1) is 25.6. The van der Waals surface area contributed by atoms with Crippen LogP contribution in [0, 0.1) is 5.41 Å². The zero-order chi connectivity index (χ0) is 25.7. The van der Waals surface area contributed by atoms with Gasteiger partial charge in [-0.05, 0) is 94.3 Å². The van der Waals surface area contributed by atoms with Gasteiger partial charge in [-0.2, -0.15) is 0 Å². The second-order valence-corrected chi connectivity index (χ2v) is 10.4. The monoisotopic (exact) mass is 482 g/mol. The number of hydrogen-bond acceptors (Lipinski definition) is 3. The highest BCUT2D eigenvalue weighted by atomic mass is 16.5. The minimum atomic E-state index is 0.132. The van der Waals surface area contributed by atoms with Crippen LogP contribution in [0.1, 0.15) is 69.1 Å². The maximum atomic E-state index is 9.69. The van der Waals surface area contributed by atoms with Crippen LogP contribution in [-0.4, -0.2) is 12.2 Å². The van der Waals surface area contributed by atoms with Gasteiger partial charge >= 0.3 is 0 Å². The van der Waals surface area contributed by atoms with E-state index >= 15 is 0 Å². The number of ether oxygens (including phenoxy) is 2. The van der Waals surface area contributed by atoms with Gasteiger partial charge in [0.15, 0.2) is 0 Å². The first-order chi connectivity index (χ1) is 17.3. The first-order valence-corrected chi connectivity index (χ1v) is 12.9. The summed E-state index contributed by atoms with van der Waals surface area (Å²) in [7, 11) is 1.71. The number of rotatable bonds is 10. The van der Waals surface area contributed by atoms with E-state index in [1.165, 1.54) is 16.7 Å². The van der Waals surface area contributed by atoms with Crippen molar-refractivity contribution in [1.29, 1.82) is 0 Å². The van der Waals surface area contributed by atoms with Crippen LogP contribution in [0.25, 0.3) is 16.7 Å². The Hall–Kier alpha value is -3.46. The number of methoxy groups -OCH3 is 1. The van der Waals surface area contributed by atoms with Crippen LogP contribution in [0.2, 0.25) is 0 Å². The fourth-order valence-electron chi connectivity index (χ4n) is 5.22. The van der Waals surface area contributed by atoms with Crippen molar-refractivity contribution in [2.75, 3.05) is 7.11 Å². The molecule has 0 spiro atoms. The van der Waals surface area contributed by atoms with Crippen LogP contribution < -0.4 is 9.47 Å². The second kappa shape index (κ2) is 11.1. The van der Waals surface area contributed by atoms with Crippen LogP contribution in [0.4, 0.5) is 0 Å². The van der Waals surface area contributed by atoms with Crippen molar-refractivity contribution in [2.24, 2.45) is 5.41 Å². The Morgan fingerprint density at radius 2 is 1.78 bits per heavy atom. The SMILES string of the molecule is C=C(O)C[C@H](CC)c1cccc(OCc2ccc(-c3cccc(OC)c3)c(C3=CCCC3(C)C)c2)c1. The highest BCUT2D eigenvalue weighted by molar-refractivity contribution is 5.85. The molecule has 1 aliphatic rings. The predicted octanol–water partition coefficient (Wildman–Crippen LogP) is 9.10. The zero-order valence-electron chi connectivity index (χ0n) is 22.0. The topological polar surface area (TPSA) is 38.7 Å². The third kappa shape index (κ3) is 5.84. The molecule has 0 aromatic heterocycles. The van der Waals surface area contributed by atoms with E-state index in [2.05, 4.69) is 75.9 Å². The van der Waals surface area contributed by atoms with E-state index in [-0.39, 0.29) is 17.1 Å². The number of hydrogen-bond donors (Lipinski definition) is 1. The van der Waals surface area contributed by atoms with Gasteiger partial charge in [0.2, 0.25) is 0 Å². The highest BCUT2D eigenvalue weighted by Crippen LogP contribution is 2.47. The fraction of sp³-hybridized carbons (Fsp3) is 0.333. The number of aliphatic hydroxyl groups is 1. The summed E-state index contributed by atoms with van der Waals surface area (Å²) in [5.74, 6) is 2.16. The van der Waals surface area contributed by atoms with E-state index < -0.39 is 0 Å². The summed E-state index contributed by atoms with van der Waals surface area (Å²) >= 11 is 0. The third-order valence-electron chi connectivity index (χ3n) is 7.31. The molecule has 0 unspecified atom stereocenters. The van der Waals surface area contributed by atoms with E-state index in [1.54, 1.807) is 7.11 Å². The summed E-state index contributed by atoms with van der Waals surface area (Å²) in [6.07, 6.45) is 6.16. The minimum absolute atomic E-state index is 0.132. The molecule has 0 saturated heterocycles. The molecule has 188 valence electrons. The van der Waals surface area contributed by atoms with E-state index in [0.717, 1.165) is 47.5 Å². The number of allylic oxidation sites excluding steroid dienone is 3. The summed E-state index contributed by atoms with van der Waals surface area (Å²) < 4.78 is 11.8. The van der Waals surface area contributed by atoms with Crippen molar-refractivity contribution in [3.8, 4) is 22.6 Å². The van der Waals surface area contributed by atoms with Crippen molar-refractivity contribution in [3.05, 3.63) is 102 Å². The Morgan fingerprint density at radius 1 is 1.00 bits per heavy atom. The van der Waals surface area contributed by atoms with Gasteiger partial charge < -0.3 is 14.6 Å². The molecule has 0 heterocycles. The van der Waals surface area contributed by atoms with Gasteiger partial charge in [0, 0.05) is 6.42 Å². The van der Waals surface area contributed by atoms with Crippen LogP contribution in [0.15, 0.2) is 85.1 Å². The molecule has 0 saturated carbocycles. The lowest BCUT2D eigenvalue weighted by atomic mass is 9.79. The average Bonchev–Trinajstić information content (AvgIpc) is 3.24. The Bertz CT molecular complexity index is 1250. The molecule has 3 aromatic carbocycles. The molecule has 36 heavy (non-hydrogen) atoms. The molecular formula is C33H38O3. The number of benzene rings is 3. The molecule has 0 radical (unpaired) electrons. The molecule has 1 atom stereocenters. The molecule has 1 N–H and O–H groups in total. The first-order valence-electron chi connectivity index (χ1n) is 12.9. The van der Waals surface area contributed by atoms with E-state index in [0.29, 0.717) is 13.0 Å². The summed E-state index contributed by atoms with van der Waals surface area (Å²) in [5, 5.41) is 9.69. The number of aliphatic hydroxyl groups excluding tert-OH is 1. The summed E-state index contributed by atoms with van der Waals surface area (Å²) in [6.45, 7) is 11.0. The largest absolute Gasteiger partial charge is 0.513 e. The standard InChI is InChI=1S/C33H38O3/c1-6-25(18-23(2)34)26-10-7-13-29(20-26)36-22-24-15-16-30(27-11-8-12-28(21-27)35-5)31(19-24)32-14-9-17-33(32,3)4/h7-8,10-16,19-21,25,34H,2,6,9,17-18,22H2,1,3-5H3/t25-/m0/s1. The second-order valence-electron chi connectivity index (χ2n) is 10.4. The minimum Gasteiger partial charge on any atom is -0.513 e. The van der Waals surface area contributed by atoms with E-state index in [9.17, 15) is 5.11 Å². The zero-order valence-corrected chi connectivity index (χ0v) is 22.0. The summed E-state index contributed by atoms with van der Waals surface area (Å²) in [4.78, 5) is 0. The molecule has 0 amide bonds. The van der Waals surface area contributed by atoms with Gasteiger partial charge in [0.1, 0.15) is 18.1 Å². The van der Waals surface area contributed by atoms with Crippen LogP contribution in [0.5, 0.6) is 11.5 Å². The third-order valence-corrected chi connectivity index (χ3v) is 7.31. The van der Waals surface area contributed by atoms with Gasteiger partial charge in [0.05, 0.1) is 12.9 Å². The normalized spacial score (nSPS) is 15.3. The van der Waals surface area contributed by atoms with Gasteiger partial charge in [-0.25, -0.2) is 0 Å². The van der Waals surface area contributed by atoms with Crippen LogP contribution >= 0.6 is 0 Å².